The van der Waals surface area contributed by atoms with Crippen LogP contribution in [0.5, 0.6) is 11.5 Å². The van der Waals surface area contributed by atoms with Gasteiger partial charge in [0.05, 0.1) is 11.5 Å². The lowest BCUT2D eigenvalue weighted by Gasteiger charge is -2.19. The number of hydrogen-bond acceptors (Lipinski definition) is 5. The van der Waals surface area contributed by atoms with Gasteiger partial charge >= 0.3 is 0 Å². The van der Waals surface area contributed by atoms with E-state index in [4.69, 9.17) is 9.47 Å². The third-order valence-electron chi connectivity index (χ3n) is 3.87. The third-order valence-corrected chi connectivity index (χ3v) is 4.87. The van der Waals surface area contributed by atoms with E-state index in [0.29, 0.717) is 25.4 Å². The Hall–Kier alpha value is -2.47. The van der Waals surface area contributed by atoms with E-state index >= 15 is 0 Å². The minimum atomic E-state index is -0.102. The van der Waals surface area contributed by atoms with Gasteiger partial charge in [-0.1, -0.05) is 37.3 Å². The average Bonchev–Trinajstić information content (AvgIpc) is 2.69. The number of thioether (sulfide) groups is 1. The molecule has 0 aliphatic carbocycles. The van der Waals surface area contributed by atoms with Crippen LogP contribution in [-0.2, 0) is 10.5 Å². The van der Waals surface area contributed by atoms with Crippen LogP contribution in [0.15, 0.2) is 53.6 Å². The molecule has 0 fully saturated rings. The molecule has 2 aromatic carbocycles. The van der Waals surface area contributed by atoms with E-state index in [1.54, 1.807) is 11.8 Å². The first kappa shape index (κ1) is 18.3. The van der Waals surface area contributed by atoms with Gasteiger partial charge in [0.25, 0.3) is 0 Å². The lowest BCUT2D eigenvalue weighted by molar-refractivity contribution is -0.118. The van der Waals surface area contributed by atoms with Crippen molar-refractivity contribution in [3.05, 3.63) is 59.7 Å². The molecule has 136 valence electrons. The fourth-order valence-electron chi connectivity index (χ4n) is 2.57. The molecule has 0 saturated carbocycles. The molecule has 1 aliphatic rings. The standard InChI is InChI=1S/C20H22N2O3S/c1-2-17(16-8-9-18-19(12-16)25-11-10-24-18)21-22-20(23)14-26-13-15-6-4-3-5-7-15/h3-9,12H,2,10-11,13-14H2,1H3,(H,22,23)/b21-17-. The Morgan fingerprint density at radius 3 is 2.65 bits per heavy atom. The van der Waals surface area contributed by atoms with Crippen molar-refractivity contribution in [2.75, 3.05) is 19.0 Å². The van der Waals surface area contributed by atoms with Crippen LogP contribution in [0.1, 0.15) is 24.5 Å². The molecule has 6 heteroatoms. The number of hydrogen-bond donors (Lipinski definition) is 1. The minimum Gasteiger partial charge on any atom is -0.486 e. The van der Waals surface area contributed by atoms with Crippen LogP contribution in [0.4, 0.5) is 0 Å². The second kappa shape index (κ2) is 9.29. The van der Waals surface area contributed by atoms with Crippen LogP contribution in [-0.4, -0.2) is 30.6 Å². The van der Waals surface area contributed by atoms with Crippen LogP contribution in [0.25, 0.3) is 0 Å². The van der Waals surface area contributed by atoms with E-state index in [9.17, 15) is 4.79 Å². The number of nitrogens with zero attached hydrogens (tertiary/aromatic N) is 1. The quantitative estimate of drug-likeness (QED) is 0.597. The summed E-state index contributed by atoms with van der Waals surface area (Å²) in [6.07, 6.45) is 0.705. The SMILES string of the molecule is CC/C(=N/NC(=O)CSCc1ccccc1)c1ccc2c(c1)OCCO2. The van der Waals surface area contributed by atoms with E-state index in [1.807, 2.05) is 43.3 Å². The highest BCUT2D eigenvalue weighted by atomic mass is 32.2. The second-order valence-corrected chi connectivity index (χ2v) is 6.77. The fourth-order valence-corrected chi connectivity index (χ4v) is 3.35. The van der Waals surface area contributed by atoms with Gasteiger partial charge in [0.2, 0.25) is 5.91 Å². The zero-order chi connectivity index (χ0) is 18.2. The number of fused-ring (bicyclic) bond motifs is 1. The Bertz CT molecular complexity index is 778. The molecule has 0 spiro atoms. The van der Waals surface area contributed by atoms with Crippen molar-refractivity contribution in [2.24, 2.45) is 5.10 Å². The molecule has 0 bridgehead atoms. The van der Waals surface area contributed by atoms with Gasteiger partial charge in [-0.3, -0.25) is 4.79 Å². The number of carbonyl (C=O) groups is 1. The van der Waals surface area contributed by atoms with Crippen molar-refractivity contribution in [1.82, 2.24) is 5.43 Å². The molecule has 0 radical (unpaired) electrons. The molecule has 26 heavy (non-hydrogen) atoms. The first-order valence-corrected chi connectivity index (χ1v) is 9.79. The van der Waals surface area contributed by atoms with E-state index in [-0.39, 0.29) is 5.91 Å². The molecule has 0 atom stereocenters. The van der Waals surface area contributed by atoms with Gasteiger partial charge in [0.1, 0.15) is 13.2 Å². The Morgan fingerprint density at radius 2 is 1.88 bits per heavy atom. The summed E-state index contributed by atoms with van der Waals surface area (Å²) in [5.74, 6) is 2.54. The van der Waals surface area contributed by atoms with Gasteiger partial charge in [-0.2, -0.15) is 5.10 Å². The number of amides is 1. The van der Waals surface area contributed by atoms with Crippen LogP contribution in [0, 0.1) is 0 Å². The molecule has 1 amide bonds. The van der Waals surface area contributed by atoms with Crippen LogP contribution >= 0.6 is 11.8 Å². The lowest BCUT2D eigenvalue weighted by atomic mass is 10.1. The highest BCUT2D eigenvalue weighted by molar-refractivity contribution is 7.99. The van der Waals surface area contributed by atoms with Crippen molar-refractivity contribution in [3.8, 4) is 11.5 Å². The smallest absolute Gasteiger partial charge is 0.250 e. The zero-order valence-corrected chi connectivity index (χ0v) is 15.6. The monoisotopic (exact) mass is 370 g/mol. The average molecular weight is 370 g/mol. The van der Waals surface area contributed by atoms with Gasteiger partial charge in [-0.05, 0) is 30.2 Å². The maximum Gasteiger partial charge on any atom is 0.250 e. The molecule has 0 aromatic heterocycles. The largest absolute Gasteiger partial charge is 0.486 e. The zero-order valence-electron chi connectivity index (χ0n) is 14.7. The maximum atomic E-state index is 12.0. The number of benzene rings is 2. The third kappa shape index (κ3) is 5.02. The molecule has 1 heterocycles. The summed E-state index contributed by atoms with van der Waals surface area (Å²) in [6, 6.07) is 15.8. The Labute approximate surface area is 157 Å². The fraction of sp³-hybridized carbons (Fsp3) is 0.300. The van der Waals surface area contributed by atoms with E-state index in [0.717, 1.165) is 28.5 Å². The predicted octanol–water partition coefficient (Wildman–Crippen LogP) is 3.62. The summed E-state index contributed by atoms with van der Waals surface area (Å²) in [7, 11) is 0. The summed E-state index contributed by atoms with van der Waals surface area (Å²) in [5.41, 5.74) is 5.60. The van der Waals surface area contributed by atoms with E-state index in [1.165, 1.54) is 5.56 Å². The molecular formula is C20H22N2O3S. The van der Waals surface area contributed by atoms with Crippen molar-refractivity contribution in [1.29, 1.82) is 0 Å². The first-order chi connectivity index (χ1) is 12.8. The molecule has 1 aliphatic heterocycles. The van der Waals surface area contributed by atoms with Crippen molar-refractivity contribution >= 4 is 23.4 Å². The Kier molecular flexibility index (Phi) is 6.55. The highest BCUT2D eigenvalue weighted by Crippen LogP contribution is 2.31. The molecule has 0 saturated heterocycles. The van der Waals surface area contributed by atoms with Gasteiger partial charge in [-0.15, -0.1) is 11.8 Å². The number of hydrazone groups is 1. The summed E-state index contributed by atoms with van der Waals surface area (Å²) in [6.45, 7) is 3.12. The highest BCUT2D eigenvalue weighted by Gasteiger charge is 2.13. The van der Waals surface area contributed by atoms with Crippen molar-refractivity contribution < 1.29 is 14.3 Å². The van der Waals surface area contributed by atoms with E-state index in [2.05, 4.69) is 22.7 Å². The van der Waals surface area contributed by atoms with Gasteiger partial charge < -0.3 is 9.47 Å². The maximum absolute atomic E-state index is 12.0. The molecule has 5 nitrogen and oxygen atoms in total. The van der Waals surface area contributed by atoms with Crippen molar-refractivity contribution in [2.45, 2.75) is 19.1 Å². The molecule has 2 aromatic rings. The number of rotatable bonds is 7. The summed E-state index contributed by atoms with van der Waals surface area (Å²) < 4.78 is 11.1. The molecular weight excluding hydrogens is 348 g/mol. The molecule has 3 rings (SSSR count). The number of carbonyl (C=O) groups excluding carboxylic acids is 1. The Balaban J connectivity index is 1.54. The number of ether oxygens (including phenoxy) is 2. The van der Waals surface area contributed by atoms with Crippen LogP contribution in [0.2, 0.25) is 0 Å². The van der Waals surface area contributed by atoms with Crippen LogP contribution < -0.4 is 14.9 Å². The van der Waals surface area contributed by atoms with Crippen molar-refractivity contribution in [3.63, 3.8) is 0 Å². The summed E-state index contributed by atoms with van der Waals surface area (Å²) in [5, 5.41) is 4.29. The van der Waals surface area contributed by atoms with Gasteiger partial charge in [0.15, 0.2) is 11.5 Å². The lowest BCUT2D eigenvalue weighted by Crippen LogP contribution is -2.22. The normalized spacial score (nSPS) is 13.3. The summed E-state index contributed by atoms with van der Waals surface area (Å²) in [4.78, 5) is 12.0. The predicted molar refractivity (Wildman–Crippen MR) is 105 cm³/mol. The second-order valence-electron chi connectivity index (χ2n) is 5.78. The summed E-state index contributed by atoms with van der Waals surface area (Å²) >= 11 is 1.57. The number of nitrogens with one attached hydrogen (secondary N) is 1. The van der Waals surface area contributed by atoms with E-state index < -0.39 is 0 Å². The Morgan fingerprint density at radius 1 is 1.12 bits per heavy atom. The van der Waals surface area contributed by atoms with Gasteiger partial charge in [-0.25, -0.2) is 5.43 Å². The molecule has 0 unspecified atom stereocenters. The minimum absolute atomic E-state index is 0.102. The molecule has 1 N–H and O–H groups in total. The van der Waals surface area contributed by atoms with Gasteiger partial charge in [0, 0.05) is 11.3 Å². The first-order valence-electron chi connectivity index (χ1n) is 8.63. The topological polar surface area (TPSA) is 59.9 Å². The van der Waals surface area contributed by atoms with Crippen LogP contribution in [0.3, 0.4) is 0 Å².